The summed E-state index contributed by atoms with van der Waals surface area (Å²) in [6.07, 6.45) is -5.58. The van der Waals surface area contributed by atoms with Gasteiger partial charge in [-0.2, -0.15) is 0 Å². The van der Waals surface area contributed by atoms with E-state index in [-0.39, 0.29) is 10.6 Å². The van der Waals surface area contributed by atoms with Gasteiger partial charge >= 0.3 is 17.9 Å². The Kier molecular flexibility index (Phi) is 14.1. The number of amides is 1. The second kappa shape index (κ2) is 17.7. The number of thiophene rings is 1. The van der Waals surface area contributed by atoms with Crippen LogP contribution in [-0.4, -0.2) is 85.2 Å². The van der Waals surface area contributed by atoms with Gasteiger partial charge in [-0.15, -0.1) is 11.3 Å². The molecule has 0 saturated carbocycles. The molecule has 0 bridgehead atoms. The number of benzene rings is 2. The third-order valence-electron chi connectivity index (χ3n) is 9.40. The first-order chi connectivity index (χ1) is 26.1. The van der Waals surface area contributed by atoms with E-state index in [0.29, 0.717) is 23.4 Å². The molecule has 0 saturated heterocycles. The first-order valence-corrected chi connectivity index (χ1v) is 23.9. The van der Waals surface area contributed by atoms with Gasteiger partial charge in [-0.25, -0.2) is 35.9 Å². The SMILES string of the molecule is CCN[C@H]1C[C@H](C)S(=O)(=O)c2sc(S(=O)(=O)NC(=O)[C@H](C)OC(=O)[C@H](C)OC(=O)[C@H](C)OC(=O)[C@H](C)O[Si](c3ccccc3)(c3ccccc3)C(C)(C)C)cc21. The number of ether oxygens (including phenoxy) is 3. The lowest BCUT2D eigenvalue weighted by Crippen LogP contribution is -2.68. The number of carbonyl (C=O) groups is 4. The van der Waals surface area contributed by atoms with Crippen LogP contribution in [0.5, 0.6) is 0 Å². The number of esters is 3. The molecule has 2 heterocycles. The van der Waals surface area contributed by atoms with Crippen molar-refractivity contribution in [1.82, 2.24) is 10.0 Å². The van der Waals surface area contributed by atoms with Crippen molar-refractivity contribution < 1.29 is 54.7 Å². The Bertz CT molecular complexity index is 2080. The molecule has 18 heteroatoms. The molecule has 0 spiro atoms. The fourth-order valence-corrected chi connectivity index (χ4v) is 16.1. The zero-order chi connectivity index (χ0) is 41.8. The monoisotopic (exact) mass is 850 g/mol. The summed E-state index contributed by atoms with van der Waals surface area (Å²) >= 11 is 0.534. The van der Waals surface area contributed by atoms with Crippen LogP contribution in [0, 0.1) is 0 Å². The predicted octanol–water partition coefficient (Wildman–Crippen LogP) is 3.53. The second-order valence-corrected chi connectivity index (χ2v) is 24.4. The second-order valence-electron chi connectivity index (χ2n) is 14.6. The van der Waals surface area contributed by atoms with Crippen molar-refractivity contribution in [2.24, 2.45) is 0 Å². The standard InChI is InChI=1S/C38H50N2O12S3Si/c1-10-39-31-21-23(2)54(45,46)37-30(31)22-32(53-37)55(47,48)40-33(41)24(3)49-34(42)25(4)50-35(43)26(5)51-36(44)27(6)52-56(38(7,8)9,28-17-13-11-14-18-28)29-19-15-12-16-20-29/h11-20,22-27,31,39H,10,21H2,1-9H3,(H,40,41)/t23-,24-,25-,26-,27-,31-/m0/s1. The largest absolute Gasteiger partial charge is 0.450 e. The Morgan fingerprint density at radius 2 is 1.29 bits per heavy atom. The van der Waals surface area contributed by atoms with Gasteiger partial charge < -0.3 is 24.0 Å². The summed E-state index contributed by atoms with van der Waals surface area (Å²) in [7, 11) is -11.5. The molecule has 4 rings (SSSR count). The Balaban J connectivity index is 1.37. The van der Waals surface area contributed by atoms with Crippen LogP contribution in [-0.2, 0) is 57.7 Å². The van der Waals surface area contributed by atoms with Crippen molar-refractivity contribution in [1.29, 1.82) is 0 Å². The van der Waals surface area contributed by atoms with Crippen LogP contribution in [0.2, 0.25) is 5.04 Å². The van der Waals surface area contributed by atoms with E-state index in [9.17, 15) is 36.0 Å². The summed E-state index contributed by atoms with van der Waals surface area (Å²) in [5.41, 5.74) is 0.305. The van der Waals surface area contributed by atoms with Crippen molar-refractivity contribution in [3.05, 3.63) is 72.3 Å². The third-order valence-corrected chi connectivity index (χ3v) is 20.2. The molecule has 2 aromatic carbocycles. The van der Waals surface area contributed by atoms with Gasteiger partial charge in [-0.1, -0.05) is 88.4 Å². The molecule has 306 valence electrons. The summed E-state index contributed by atoms with van der Waals surface area (Å²) in [5.74, 6) is -4.32. The highest BCUT2D eigenvalue weighted by atomic mass is 32.3. The maximum atomic E-state index is 13.4. The van der Waals surface area contributed by atoms with Gasteiger partial charge in [0.25, 0.3) is 24.2 Å². The van der Waals surface area contributed by atoms with Crippen LogP contribution >= 0.6 is 11.3 Å². The summed E-state index contributed by atoms with van der Waals surface area (Å²) in [6, 6.07) is 20.1. The molecule has 3 aromatic rings. The van der Waals surface area contributed by atoms with Crippen molar-refractivity contribution in [2.45, 2.75) is 118 Å². The van der Waals surface area contributed by atoms with Crippen molar-refractivity contribution in [2.75, 3.05) is 6.54 Å². The molecule has 6 atom stereocenters. The average molecular weight is 851 g/mol. The Labute approximate surface area is 333 Å². The molecule has 0 unspecified atom stereocenters. The molecule has 56 heavy (non-hydrogen) atoms. The molecule has 1 amide bonds. The van der Waals surface area contributed by atoms with E-state index in [2.05, 4.69) is 5.32 Å². The van der Waals surface area contributed by atoms with Crippen LogP contribution in [0.1, 0.15) is 80.3 Å². The van der Waals surface area contributed by atoms with E-state index in [1.54, 1.807) is 13.8 Å². The maximum absolute atomic E-state index is 13.4. The molecular formula is C38H50N2O12S3Si. The molecule has 1 aromatic heterocycles. The fourth-order valence-electron chi connectivity index (χ4n) is 6.40. The minimum atomic E-state index is -4.57. The molecule has 1 aliphatic heterocycles. The van der Waals surface area contributed by atoms with Crippen molar-refractivity contribution in [3.8, 4) is 0 Å². The van der Waals surface area contributed by atoms with Gasteiger partial charge in [0.15, 0.2) is 28.1 Å². The lowest BCUT2D eigenvalue weighted by molar-refractivity contribution is -0.180. The lowest BCUT2D eigenvalue weighted by Gasteiger charge is -2.44. The number of nitrogens with one attached hydrogen (secondary N) is 2. The number of sulfonamides is 1. The van der Waals surface area contributed by atoms with E-state index in [4.69, 9.17) is 18.6 Å². The average Bonchev–Trinajstić information content (AvgIpc) is 3.61. The van der Waals surface area contributed by atoms with Crippen LogP contribution in [0.15, 0.2) is 75.1 Å². The number of hydrogen-bond acceptors (Lipinski definition) is 14. The van der Waals surface area contributed by atoms with Gasteiger partial charge in [0, 0.05) is 11.6 Å². The predicted molar refractivity (Wildman–Crippen MR) is 212 cm³/mol. The van der Waals surface area contributed by atoms with Crippen molar-refractivity contribution >= 4 is 73.7 Å². The summed E-state index contributed by atoms with van der Waals surface area (Å²) in [5, 5.41) is 3.85. The summed E-state index contributed by atoms with van der Waals surface area (Å²) in [4.78, 5) is 52.0. The number of hydrogen-bond donors (Lipinski definition) is 2. The normalized spacial score (nSPS) is 19.0. The van der Waals surface area contributed by atoms with Crippen molar-refractivity contribution in [3.63, 3.8) is 0 Å². The summed E-state index contributed by atoms with van der Waals surface area (Å²) < 4.78 is 76.1. The Morgan fingerprint density at radius 3 is 1.75 bits per heavy atom. The number of sulfone groups is 1. The minimum absolute atomic E-state index is 0.0914. The minimum Gasteiger partial charge on any atom is -0.450 e. The van der Waals surface area contributed by atoms with Crippen LogP contribution in [0.3, 0.4) is 0 Å². The number of fused-ring (bicyclic) bond motifs is 1. The first-order valence-electron chi connectivity index (χ1n) is 18.1. The van der Waals surface area contributed by atoms with Gasteiger partial charge in [0.1, 0.15) is 14.5 Å². The molecule has 2 N–H and O–H groups in total. The Morgan fingerprint density at radius 1 is 0.821 bits per heavy atom. The number of rotatable bonds is 15. The molecular weight excluding hydrogens is 801 g/mol. The zero-order valence-corrected chi connectivity index (χ0v) is 36.3. The van der Waals surface area contributed by atoms with E-state index >= 15 is 0 Å². The Hall–Kier alpha value is -3.94. The van der Waals surface area contributed by atoms with E-state index in [1.807, 2.05) is 93.1 Å². The first kappa shape index (κ1) is 44.8. The van der Waals surface area contributed by atoms with Gasteiger partial charge in [0.05, 0.1) is 5.25 Å². The lowest BCUT2D eigenvalue weighted by atomic mass is 10.1. The third kappa shape index (κ3) is 9.59. The van der Waals surface area contributed by atoms with Gasteiger partial charge in [0.2, 0.25) is 0 Å². The van der Waals surface area contributed by atoms with Gasteiger partial charge in [-0.3, -0.25) is 4.79 Å². The van der Waals surface area contributed by atoms with Gasteiger partial charge in [-0.05, 0) is 69.1 Å². The molecule has 0 fully saturated rings. The van der Waals surface area contributed by atoms with E-state index in [0.717, 1.165) is 17.3 Å². The van der Waals surface area contributed by atoms with Crippen LogP contribution < -0.4 is 20.4 Å². The van der Waals surface area contributed by atoms with E-state index in [1.165, 1.54) is 19.9 Å². The highest BCUT2D eigenvalue weighted by Crippen LogP contribution is 2.43. The number of carbonyl (C=O) groups excluding carboxylic acids is 4. The molecule has 0 radical (unpaired) electrons. The summed E-state index contributed by atoms with van der Waals surface area (Å²) in [6.45, 7) is 15.1. The van der Waals surface area contributed by atoms with E-state index < -0.39 is 96.9 Å². The topological polar surface area (TPSA) is 198 Å². The fraction of sp³-hybridized carbons (Fsp3) is 0.474. The van der Waals surface area contributed by atoms with Crippen LogP contribution in [0.4, 0.5) is 0 Å². The maximum Gasteiger partial charge on any atom is 0.347 e. The highest BCUT2D eigenvalue weighted by Gasteiger charge is 2.52. The zero-order valence-electron chi connectivity index (χ0n) is 32.9. The quantitative estimate of drug-likeness (QED) is 0.128. The highest BCUT2D eigenvalue weighted by molar-refractivity contribution is 7.95. The molecule has 0 aliphatic carbocycles. The van der Waals surface area contributed by atoms with Crippen LogP contribution in [0.25, 0.3) is 0 Å². The molecule has 14 nitrogen and oxygen atoms in total. The smallest absolute Gasteiger partial charge is 0.347 e. The molecule has 1 aliphatic rings.